The molecule has 0 spiro atoms. The van der Waals surface area contributed by atoms with E-state index < -0.39 is 0 Å². The molecule has 1 heterocycles. The van der Waals surface area contributed by atoms with E-state index in [-0.39, 0.29) is 5.91 Å². The van der Waals surface area contributed by atoms with Gasteiger partial charge in [-0.25, -0.2) is 0 Å². The lowest BCUT2D eigenvalue weighted by Crippen LogP contribution is -2.45. The Balaban J connectivity index is 0.00000106. The molecular formula is C12H27N3O. The van der Waals surface area contributed by atoms with Crippen LogP contribution in [-0.4, -0.2) is 62.0 Å². The quantitative estimate of drug-likeness (QED) is 0.724. The van der Waals surface area contributed by atoms with Crippen LogP contribution in [0, 0.1) is 0 Å². The van der Waals surface area contributed by atoms with Crippen LogP contribution in [0.5, 0.6) is 0 Å². The summed E-state index contributed by atoms with van der Waals surface area (Å²) in [6.07, 6.45) is 1.06. The molecule has 16 heavy (non-hydrogen) atoms. The molecule has 4 nitrogen and oxygen atoms in total. The van der Waals surface area contributed by atoms with Crippen LogP contribution in [0.4, 0.5) is 0 Å². The zero-order valence-electron chi connectivity index (χ0n) is 11.3. The maximum atomic E-state index is 10.6. The molecule has 1 fully saturated rings. The van der Waals surface area contributed by atoms with Gasteiger partial charge >= 0.3 is 0 Å². The number of piperazine rings is 1. The lowest BCUT2D eigenvalue weighted by Gasteiger charge is -2.32. The van der Waals surface area contributed by atoms with Gasteiger partial charge in [-0.15, -0.1) is 0 Å². The van der Waals surface area contributed by atoms with Gasteiger partial charge in [-0.2, -0.15) is 0 Å². The van der Waals surface area contributed by atoms with Gasteiger partial charge in [-0.3, -0.25) is 4.79 Å². The van der Waals surface area contributed by atoms with Crippen molar-refractivity contribution < 1.29 is 4.79 Å². The van der Waals surface area contributed by atoms with Crippen LogP contribution in [0.25, 0.3) is 0 Å². The molecule has 1 aliphatic heterocycles. The highest BCUT2D eigenvalue weighted by molar-refractivity contribution is 5.72. The van der Waals surface area contributed by atoms with Crippen molar-refractivity contribution in [2.24, 2.45) is 0 Å². The summed E-state index contributed by atoms with van der Waals surface area (Å²) in [4.78, 5) is 15.4. The summed E-state index contributed by atoms with van der Waals surface area (Å²) in [5, 5.41) is 2.82. The Kier molecular flexibility index (Phi) is 9.24. The summed E-state index contributed by atoms with van der Waals surface area (Å²) in [6.45, 7) is 12.1. The van der Waals surface area contributed by atoms with Crippen LogP contribution in [0.2, 0.25) is 0 Å². The first-order valence-corrected chi connectivity index (χ1v) is 6.34. The molecule has 1 aliphatic rings. The van der Waals surface area contributed by atoms with Gasteiger partial charge in [0.15, 0.2) is 0 Å². The second kappa shape index (κ2) is 9.60. The number of carbonyl (C=O) groups is 1. The minimum Gasteiger partial charge on any atom is -0.356 e. The lowest BCUT2D eigenvalue weighted by atomic mass is 10.3. The SMILES string of the molecule is CC.CC(=O)NCCCN1CCN(C)CC1. The van der Waals surface area contributed by atoms with Crippen LogP contribution < -0.4 is 5.32 Å². The zero-order chi connectivity index (χ0) is 12.4. The van der Waals surface area contributed by atoms with Gasteiger partial charge in [0.1, 0.15) is 0 Å². The Bertz CT molecular complexity index is 177. The first kappa shape index (κ1) is 15.4. The van der Waals surface area contributed by atoms with Crippen LogP contribution in [0.1, 0.15) is 27.2 Å². The summed E-state index contributed by atoms with van der Waals surface area (Å²) in [5.74, 6) is 0.0726. The van der Waals surface area contributed by atoms with Crippen molar-refractivity contribution in [2.45, 2.75) is 27.2 Å². The minimum atomic E-state index is 0.0726. The number of nitrogens with zero attached hydrogens (tertiary/aromatic N) is 2. The fourth-order valence-electron chi connectivity index (χ4n) is 1.64. The van der Waals surface area contributed by atoms with E-state index in [4.69, 9.17) is 0 Å². The standard InChI is InChI=1S/C10H21N3O.C2H6/c1-10(14)11-4-3-5-13-8-6-12(2)7-9-13;1-2/h3-9H2,1-2H3,(H,11,14);1-2H3. The maximum Gasteiger partial charge on any atom is 0.216 e. The second-order valence-corrected chi connectivity index (χ2v) is 3.98. The van der Waals surface area contributed by atoms with E-state index in [0.717, 1.165) is 32.6 Å². The van der Waals surface area contributed by atoms with E-state index in [0.29, 0.717) is 0 Å². The predicted octanol–water partition coefficient (Wildman–Crippen LogP) is 0.786. The van der Waals surface area contributed by atoms with Crippen LogP contribution >= 0.6 is 0 Å². The Morgan fingerprint density at radius 3 is 2.25 bits per heavy atom. The van der Waals surface area contributed by atoms with Gasteiger partial charge in [0.2, 0.25) is 5.91 Å². The highest BCUT2D eigenvalue weighted by Gasteiger charge is 2.12. The van der Waals surface area contributed by atoms with E-state index in [1.807, 2.05) is 13.8 Å². The Hall–Kier alpha value is -0.610. The number of likely N-dealkylation sites (N-methyl/N-ethyl adjacent to an activating group) is 1. The molecule has 0 bridgehead atoms. The van der Waals surface area contributed by atoms with E-state index in [2.05, 4.69) is 22.2 Å². The topological polar surface area (TPSA) is 35.6 Å². The molecule has 0 aromatic carbocycles. The van der Waals surface area contributed by atoms with Crippen LogP contribution in [0.15, 0.2) is 0 Å². The van der Waals surface area contributed by atoms with Crippen molar-refractivity contribution in [3.8, 4) is 0 Å². The van der Waals surface area contributed by atoms with Crippen molar-refractivity contribution in [1.82, 2.24) is 15.1 Å². The Labute approximate surface area is 100.0 Å². The molecule has 0 atom stereocenters. The van der Waals surface area contributed by atoms with Gasteiger partial charge in [0, 0.05) is 39.6 Å². The number of hydrogen-bond acceptors (Lipinski definition) is 3. The third-order valence-electron chi connectivity index (χ3n) is 2.62. The summed E-state index contributed by atoms with van der Waals surface area (Å²) in [6, 6.07) is 0. The molecule has 0 unspecified atom stereocenters. The summed E-state index contributed by atoms with van der Waals surface area (Å²) in [5.41, 5.74) is 0. The number of nitrogens with one attached hydrogen (secondary N) is 1. The Morgan fingerprint density at radius 1 is 1.19 bits per heavy atom. The molecule has 1 N–H and O–H groups in total. The molecule has 0 saturated carbocycles. The average molecular weight is 229 g/mol. The highest BCUT2D eigenvalue weighted by atomic mass is 16.1. The molecule has 0 aliphatic carbocycles. The number of rotatable bonds is 4. The largest absolute Gasteiger partial charge is 0.356 e. The third-order valence-corrected chi connectivity index (χ3v) is 2.62. The molecule has 0 aromatic rings. The molecule has 4 heteroatoms. The molecule has 96 valence electrons. The van der Waals surface area contributed by atoms with Crippen LogP contribution in [-0.2, 0) is 4.79 Å². The first-order valence-electron chi connectivity index (χ1n) is 6.34. The summed E-state index contributed by atoms with van der Waals surface area (Å²) < 4.78 is 0. The minimum absolute atomic E-state index is 0.0726. The van der Waals surface area contributed by atoms with Gasteiger partial charge in [-0.05, 0) is 20.0 Å². The monoisotopic (exact) mass is 229 g/mol. The second-order valence-electron chi connectivity index (χ2n) is 3.98. The zero-order valence-corrected chi connectivity index (χ0v) is 11.3. The van der Waals surface area contributed by atoms with Crippen molar-refractivity contribution >= 4 is 5.91 Å². The molecule has 1 saturated heterocycles. The van der Waals surface area contributed by atoms with E-state index in [1.165, 1.54) is 13.1 Å². The summed E-state index contributed by atoms with van der Waals surface area (Å²) in [7, 11) is 2.16. The third kappa shape index (κ3) is 7.65. The lowest BCUT2D eigenvalue weighted by molar-refractivity contribution is -0.118. The number of hydrogen-bond donors (Lipinski definition) is 1. The van der Waals surface area contributed by atoms with Crippen molar-refractivity contribution in [1.29, 1.82) is 0 Å². The number of carbonyl (C=O) groups excluding carboxylic acids is 1. The molecule has 0 aromatic heterocycles. The van der Waals surface area contributed by atoms with Crippen molar-refractivity contribution in [3.63, 3.8) is 0 Å². The van der Waals surface area contributed by atoms with Gasteiger partial charge in [-0.1, -0.05) is 13.8 Å². The maximum absolute atomic E-state index is 10.6. The Morgan fingerprint density at radius 2 is 1.75 bits per heavy atom. The van der Waals surface area contributed by atoms with Crippen LogP contribution in [0.3, 0.4) is 0 Å². The predicted molar refractivity (Wildman–Crippen MR) is 68.6 cm³/mol. The normalized spacial score (nSPS) is 17.5. The highest BCUT2D eigenvalue weighted by Crippen LogP contribution is 1.99. The fourth-order valence-corrected chi connectivity index (χ4v) is 1.64. The van der Waals surface area contributed by atoms with E-state index >= 15 is 0 Å². The molecule has 1 amide bonds. The molecule has 0 radical (unpaired) electrons. The van der Waals surface area contributed by atoms with Crippen molar-refractivity contribution in [2.75, 3.05) is 46.3 Å². The average Bonchev–Trinajstić information content (AvgIpc) is 2.29. The molecular weight excluding hydrogens is 202 g/mol. The smallest absolute Gasteiger partial charge is 0.216 e. The van der Waals surface area contributed by atoms with E-state index in [1.54, 1.807) is 6.92 Å². The van der Waals surface area contributed by atoms with Gasteiger partial charge in [0.05, 0.1) is 0 Å². The first-order chi connectivity index (χ1) is 7.68. The van der Waals surface area contributed by atoms with E-state index in [9.17, 15) is 4.79 Å². The van der Waals surface area contributed by atoms with Gasteiger partial charge in [0.25, 0.3) is 0 Å². The number of amides is 1. The fraction of sp³-hybridized carbons (Fsp3) is 0.917. The van der Waals surface area contributed by atoms with Gasteiger partial charge < -0.3 is 15.1 Å². The van der Waals surface area contributed by atoms with Crippen molar-refractivity contribution in [3.05, 3.63) is 0 Å². The summed E-state index contributed by atoms with van der Waals surface area (Å²) >= 11 is 0. The molecule has 1 rings (SSSR count).